The summed E-state index contributed by atoms with van der Waals surface area (Å²) in [5, 5.41) is 10.5. The lowest BCUT2D eigenvalue weighted by Crippen LogP contribution is -2.28. The van der Waals surface area contributed by atoms with Crippen molar-refractivity contribution in [2.24, 2.45) is 0 Å². The predicted octanol–water partition coefficient (Wildman–Crippen LogP) is 1.56. The van der Waals surface area contributed by atoms with Crippen LogP contribution in [0.1, 0.15) is 15.2 Å². The highest BCUT2D eigenvalue weighted by Gasteiger charge is 2.29. The molecular weight excluding hydrogens is 262 g/mol. The maximum absolute atomic E-state index is 12.2. The zero-order valence-electron chi connectivity index (χ0n) is 9.50. The summed E-state index contributed by atoms with van der Waals surface area (Å²) in [4.78, 5) is 10.7. The molecule has 1 rings (SSSR count). The van der Waals surface area contributed by atoms with Crippen LogP contribution in [0.15, 0.2) is 22.9 Å². The van der Waals surface area contributed by atoms with Crippen molar-refractivity contribution < 1.29 is 18.3 Å². The number of likely N-dealkylation sites (N-methyl/N-ethyl adjacent to an activating group) is 1. The van der Waals surface area contributed by atoms with E-state index in [1.807, 2.05) is 0 Å². The molecule has 1 heterocycles. The number of aryl methyl sites for hydroxylation is 1. The summed E-state index contributed by atoms with van der Waals surface area (Å²) in [6.45, 7) is 5.17. The van der Waals surface area contributed by atoms with Crippen molar-refractivity contribution >= 4 is 27.3 Å². The second-order valence-electron chi connectivity index (χ2n) is 3.46. The van der Waals surface area contributed by atoms with Crippen LogP contribution in [-0.4, -0.2) is 37.4 Å². The molecule has 0 aliphatic rings. The average molecular weight is 275 g/mol. The highest BCUT2D eigenvalue weighted by atomic mass is 32.2. The molecule has 0 spiro atoms. The Morgan fingerprint density at radius 3 is 2.71 bits per heavy atom. The minimum absolute atomic E-state index is 0.126. The maximum Gasteiger partial charge on any atom is 0.347 e. The number of nitrogens with zero attached hydrogens (tertiary/aromatic N) is 1. The minimum atomic E-state index is -3.77. The summed E-state index contributed by atoms with van der Waals surface area (Å²) in [6, 6.07) is 0. The van der Waals surface area contributed by atoms with E-state index in [0.717, 1.165) is 15.6 Å². The van der Waals surface area contributed by atoms with Crippen LogP contribution in [0.3, 0.4) is 0 Å². The van der Waals surface area contributed by atoms with Crippen molar-refractivity contribution in [2.45, 2.75) is 11.8 Å². The SMILES string of the molecule is C=CCN(C)S(=O)(=O)c1c(C)csc1C(=O)O. The molecule has 0 aromatic carbocycles. The monoisotopic (exact) mass is 275 g/mol. The molecule has 0 amide bonds. The van der Waals surface area contributed by atoms with Crippen LogP contribution >= 0.6 is 11.3 Å². The fourth-order valence-electron chi connectivity index (χ4n) is 1.34. The van der Waals surface area contributed by atoms with Crippen LogP contribution in [0.25, 0.3) is 0 Å². The summed E-state index contributed by atoms with van der Waals surface area (Å²) < 4.78 is 25.4. The Kier molecular flexibility index (Phi) is 4.07. The third-order valence-electron chi connectivity index (χ3n) is 2.17. The number of carbonyl (C=O) groups is 1. The average Bonchev–Trinajstić information content (AvgIpc) is 2.61. The van der Waals surface area contributed by atoms with E-state index in [2.05, 4.69) is 6.58 Å². The first-order chi connectivity index (χ1) is 7.82. The lowest BCUT2D eigenvalue weighted by molar-refractivity contribution is 0.0698. The van der Waals surface area contributed by atoms with Crippen molar-refractivity contribution in [1.82, 2.24) is 4.31 Å². The van der Waals surface area contributed by atoms with Crippen molar-refractivity contribution in [3.63, 3.8) is 0 Å². The third-order valence-corrected chi connectivity index (χ3v) is 5.39. The Morgan fingerprint density at radius 1 is 1.65 bits per heavy atom. The first-order valence-corrected chi connectivity index (χ1v) is 7.03. The van der Waals surface area contributed by atoms with E-state index in [1.165, 1.54) is 18.5 Å². The standard InChI is InChI=1S/C10H13NO4S2/c1-4-5-11(3)17(14,15)9-7(2)6-16-8(9)10(12)13/h4,6H,1,5H2,2-3H3,(H,12,13). The first kappa shape index (κ1) is 13.9. The van der Waals surface area contributed by atoms with Crippen LogP contribution in [0.5, 0.6) is 0 Å². The van der Waals surface area contributed by atoms with Crippen molar-refractivity contribution in [3.8, 4) is 0 Å². The van der Waals surface area contributed by atoms with E-state index in [1.54, 1.807) is 6.92 Å². The van der Waals surface area contributed by atoms with Crippen molar-refractivity contribution in [1.29, 1.82) is 0 Å². The first-order valence-electron chi connectivity index (χ1n) is 4.71. The molecule has 7 heteroatoms. The van der Waals surface area contributed by atoms with Crippen LogP contribution in [0.4, 0.5) is 0 Å². The molecule has 94 valence electrons. The molecule has 0 aliphatic carbocycles. The molecule has 0 unspecified atom stereocenters. The second-order valence-corrected chi connectivity index (χ2v) is 6.32. The van der Waals surface area contributed by atoms with Gasteiger partial charge in [-0.15, -0.1) is 17.9 Å². The molecule has 17 heavy (non-hydrogen) atoms. The van der Waals surface area contributed by atoms with E-state index < -0.39 is 16.0 Å². The second kappa shape index (κ2) is 4.99. The molecular formula is C10H13NO4S2. The number of aromatic carboxylic acids is 1. The van der Waals surface area contributed by atoms with E-state index in [0.29, 0.717) is 5.56 Å². The number of carboxylic acids is 1. The van der Waals surface area contributed by atoms with Crippen LogP contribution in [0, 0.1) is 6.92 Å². The largest absolute Gasteiger partial charge is 0.477 e. The Balaban J connectivity index is 3.37. The smallest absolute Gasteiger partial charge is 0.347 e. The van der Waals surface area contributed by atoms with Gasteiger partial charge in [0.2, 0.25) is 10.0 Å². The fraction of sp³-hybridized carbons (Fsp3) is 0.300. The summed E-state index contributed by atoms with van der Waals surface area (Å²) in [6.07, 6.45) is 1.44. The maximum atomic E-state index is 12.2. The van der Waals surface area contributed by atoms with Crippen LogP contribution < -0.4 is 0 Å². The molecule has 0 saturated heterocycles. The van der Waals surface area contributed by atoms with Gasteiger partial charge in [0.25, 0.3) is 0 Å². The Bertz CT molecular complexity index is 545. The van der Waals surface area contributed by atoms with Gasteiger partial charge in [-0.2, -0.15) is 4.31 Å². The molecule has 1 N–H and O–H groups in total. The summed E-state index contributed by atoms with van der Waals surface area (Å²) in [7, 11) is -2.38. The van der Waals surface area contributed by atoms with Gasteiger partial charge in [0.05, 0.1) is 0 Å². The van der Waals surface area contributed by atoms with E-state index >= 15 is 0 Å². The van der Waals surface area contributed by atoms with Gasteiger partial charge in [-0.05, 0) is 17.9 Å². The van der Waals surface area contributed by atoms with E-state index in [4.69, 9.17) is 5.11 Å². The van der Waals surface area contributed by atoms with Crippen LogP contribution in [-0.2, 0) is 10.0 Å². The number of rotatable bonds is 5. The zero-order valence-corrected chi connectivity index (χ0v) is 11.1. The van der Waals surface area contributed by atoms with Crippen molar-refractivity contribution in [2.75, 3.05) is 13.6 Å². The third kappa shape index (κ3) is 2.56. The molecule has 0 aliphatic heterocycles. The van der Waals surface area contributed by atoms with Crippen LogP contribution in [0.2, 0.25) is 0 Å². The molecule has 0 saturated carbocycles. The number of hydrogen-bond donors (Lipinski definition) is 1. The van der Waals surface area contributed by atoms with Gasteiger partial charge < -0.3 is 5.11 Å². The summed E-state index contributed by atoms with van der Waals surface area (Å²) in [5.41, 5.74) is 0.448. The molecule has 0 radical (unpaired) electrons. The summed E-state index contributed by atoms with van der Waals surface area (Å²) in [5.74, 6) is -1.23. The van der Waals surface area contributed by atoms with Gasteiger partial charge >= 0.3 is 5.97 Å². The topological polar surface area (TPSA) is 74.7 Å². The molecule has 1 aromatic rings. The highest BCUT2D eigenvalue weighted by molar-refractivity contribution is 7.89. The van der Waals surface area contributed by atoms with E-state index in [-0.39, 0.29) is 16.3 Å². The molecule has 5 nitrogen and oxygen atoms in total. The molecule has 0 atom stereocenters. The highest BCUT2D eigenvalue weighted by Crippen LogP contribution is 2.28. The Labute approximate surface area is 104 Å². The lowest BCUT2D eigenvalue weighted by Gasteiger charge is -2.15. The normalized spacial score (nSPS) is 11.7. The zero-order chi connectivity index (χ0) is 13.2. The number of sulfonamides is 1. The lowest BCUT2D eigenvalue weighted by atomic mass is 10.3. The Morgan fingerprint density at radius 2 is 2.24 bits per heavy atom. The van der Waals surface area contributed by atoms with E-state index in [9.17, 15) is 13.2 Å². The number of carboxylic acid groups (broad SMARTS) is 1. The quantitative estimate of drug-likeness (QED) is 0.828. The Hall–Kier alpha value is -1.18. The predicted molar refractivity (Wildman–Crippen MR) is 66.0 cm³/mol. The molecule has 0 fully saturated rings. The van der Waals surface area contributed by atoms with Gasteiger partial charge in [-0.1, -0.05) is 6.08 Å². The fourth-order valence-corrected chi connectivity index (χ4v) is 4.05. The van der Waals surface area contributed by atoms with Gasteiger partial charge in [-0.25, -0.2) is 13.2 Å². The number of hydrogen-bond acceptors (Lipinski definition) is 4. The molecule has 1 aromatic heterocycles. The number of thiophene rings is 1. The minimum Gasteiger partial charge on any atom is -0.477 e. The van der Waals surface area contributed by atoms with Crippen molar-refractivity contribution in [3.05, 3.63) is 28.5 Å². The van der Waals surface area contributed by atoms with Gasteiger partial charge in [0, 0.05) is 13.6 Å². The van der Waals surface area contributed by atoms with Gasteiger partial charge in [0.1, 0.15) is 9.77 Å². The van der Waals surface area contributed by atoms with Gasteiger partial charge in [-0.3, -0.25) is 0 Å². The molecule has 0 bridgehead atoms. The van der Waals surface area contributed by atoms with Gasteiger partial charge in [0.15, 0.2) is 0 Å². The summed E-state index contributed by atoms with van der Waals surface area (Å²) >= 11 is 0.915.